The van der Waals surface area contributed by atoms with Crippen LogP contribution in [0.1, 0.15) is 16.0 Å². The van der Waals surface area contributed by atoms with E-state index < -0.39 is 0 Å². The minimum Gasteiger partial charge on any atom is -0.263 e. The minimum atomic E-state index is -0.239. The molecule has 1 nitrogen and oxygen atoms in total. The summed E-state index contributed by atoms with van der Waals surface area (Å²) in [6.07, 6.45) is 3.88. The van der Waals surface area contributed by atoms with Crippen molar-refractivity contribution in [3.63, 3.8) is 0 Å². The number of aromatic nitrogens is 1. The maximum absolute atomic E-state index is 13.8. The maximum Gasteiger partial charge on any atom is 0.128 e. The lowest BCUT2D eigenvalue weighted by molar-refractivity contribution is 0.607. The highest BCUT2D eigenvalue weighted by Crippen LogP contribution is 2.32. The van der Waals surface area contributed by atoms with Crippen LogP contribution in [-0.4, -0.2) is 4.98 Å². The summed E-state index contributed by atoms with van der Waals surface area (Å²) in [7, 11) is 0. The first-order valence-electron chi connectivity index (χ1n) is 5.25. The number of nitrogens with zero attached hydrogens (tertiary/aromatic N) is 1. The van der Waals surface area contributed by atoms with Crippen LogP contribution < -0.4 is 0 Å². The van der Waals surface area contributed by atoms with E-state index in [4.69, 9.17) is 11.6 Å². The SMILES string of the molecule is Fc1cc(Br)ccc1C(Br)Cc1ccncc1Cl. The Morgan fingerprint density at radius 3 is 2.78 bits per heavy atom. The largest absolute Gasteiger partial charge is 0.263 e. The molecule has 1 aromatic carbocycles. The first-order chi connectivity index (χ1) is 8.58. The maximum atomic E-state index is 13.8. The number of benzene rings is 1. The molecule has 0 aliphatic carbocycles. The van der Waals surface area contributed by atoms with Gasteiger partial charge in [-0.1, -0.05) is 49.5 Å². The molecule has 2 aromatic rings. The Bertz CT molecular complexity index is 562. The molecule has 18 heavy (non-hydrogen) atoms. The number of rotatable bonds is 3. The van der Waals surface area contributed by atoms with Crippen LogP contribution in [0.15, 0.2) is 41.1 Å². The fraction of sp³-hybridized carbons (Fsp3) is 0.154. The predicted octanol–water partition coefficient (Wildman–Crippen LogP) is 5.32. The molecule has 1 aromatic heterocycles. The Kier molecular flexibility index (Phi) is 4.76. The van der Waals surface area contributed by atoms with E-state index in [0.717, 1.165) is 10.0 Å². The van der Waals surface area contributed by atoms with Crippen molar-refractivity contribution in [1.82, 2.24) is 4.98 Å². The highest BCUT2D eigenvalue weighted by molar-refractivity contribution is 9.10. The van der Waals surface area contributed by atoms with Crippen molar-refractivity contribution in [2.75, 3.05) is 0 Å². The van der Waals surface area contributed by atoms with Gasteiger partial charge in [-0.2, -0.15) is 0 Å². The standard InChI is InChI=1S/C13H9Br2ClFN/c14-9-1-2-10(13(17)6-9)11(15)5-8-3-4-18-7-12(8)16/h1-4,6-7,11H,5H2. The summed E-state index contributed by atoms with van der Waals surface area (Å²) in [5.74, 6) is -0.239. The third-order valence-electron chi connectivity index (χ3n) is 2.56. The van der Waals surface area contributed by atoms with Crippen LogP contribution in [-0.2, 0) is 6.42 Å². The molecular formula is C13H9Br2ClFN. The lowest BCUT2D eigenvalue weighted by Crippen LogP contribution is -1.99. The van der Waals surface area contributed by atoms with Gasteiger partial charge < -0.3 is 0 Å². The summed E-state index contributed by atoms with van der Waals surface area (Å²) in [5, 5.41) is 0.597. The van der Waals surface area contributed by atoms with Crippen LogP contribution in [0.4, 0.5) is 4.39 Å². The van der Waals surface area contributed by atoms with Crippen molar-refractivity contribution in [3.8, 4) is 0 Å². The second kappa shape index (κ2) is 6.13. The first kappa shape index (κ1) is 14.0. The molecule has 0 saturated heterocycles. The summed E-state index contributed by atoms with van der Waals surface area (Å²) in [4.78, 5) is 3.81. The second-order valence-corrected chi connectivity index (χ2v) is 6.23. The number of alkyl halides is 1. The Morgan fingerprint density at radius 2 is 2.11 bits per heavy atom. The summed E-state index contributed by atoms with van der Waals surface area (Å²) in [5.41, 5.74) is 1.56. The molecule has 0 radical (unpaired) electrons. The molecule has 1 unspecified atom stereocenters. The fourth-order valence-electron chi connectivity index (χ4n) is 1.63. The zero-order valence-electron chi connectivity index (χ0n) is 9.21. The highest BCUT2D eigenvalue weighted by atomic mass is 79.9. The highest BCUT2D eigenvalue weighted by Gasteiger charge is 2.15. The molecule has 0 N–H and O–H groups in total. The smallest absolute Gasteiger partial charge is 0.128 e. The number of hydrogen-bond acceptors (Lipinski definition) is 1. The van der Waals surface area contributed by atoms with E-state index in [1.54, 1.807) is 18.5 Å². The molecule has 0 fully saturated rings. The third-order valence-corrected chi connectivity index (χ3v) is 4.21. The van der Waals surface area contributed by atoms with Gasteiger partial charge in [0.25, 0.3) is 0 Å². The average Bonchev–Trinajstić information content (AvgIpc) is 2.32. The molecule has 0 saturated carbocycles. The van der Waals surface area contributed by atoms with E-state index in [1.165, 1.54) is 6.07 Å². The molecule has 0 spiro atoms. The van der Waals surface area contributed by atoms with Crippen LogP contribution in [0.25, 0.3) is 0 Å². The van der Waals surface area contributed by atoms with Gasteiger partial charge in [-0.25, -0.2) is 4.39 Å². The zero-order chi connectivity index (χ0) is 13.1. The van der Waals surface area contributed by atoms with Crippen molar-refractivity contribution < 1.29 is 4.39 Å². The van der Waals surface area contributed by atoms with Gasteiger partial charge in [-0.05, 0) is 30.2 Å². The van der Waals surface area contributed by atoms with E-state index in [2.05, 4.69) is 36.8 Å². The Balaban J connectivity index is 2.22. The third kappa shape index (κ3) is 3.31. The van der Waals surface area contributed by atoms with E-state index >= 15 is 0 Å². The molecule has 0 aliphatic rings. The summed E-state index contributed by atoms with van der Waals surface area (Å²) in [6.45, 7) is 0. The van der Waals surface area contributed by atoms with Crippen molar-refractivity contribution in [2.24, 2.45) is 0 Å². The van der Waals surface area contributed by atoms with E-state index in [-0.39, 0.29) is 10.6 Å². The van der Waals surface area contributed by atoms with Gasteiger partial charge in [0, 0.05) is 27.3 Å². The molecule has 1 atom stereocenters. The summed E-state index contributed by atoms with van der Waals surface area (Å²) < 4.78 is 14.5. The quantitative estimate of drug-likeness (QED) is 0.644. The second-order valence-electron chi connectivity index (χ2n) is 3.80. The van der Waals surface area contributed by atoms with Crippen molar-refractivity contribution in [3.05, 3.63) is 63.1 Å². The molecule has 0 bridgehead atoms. The predicted molar refractivity (Wildman–Crippen MR) is 78.7 cm³/mol. The monoisotopic (exact) mass is 391 g/mol. The fourth-order valence-corrected chi connectivity index (χ4v) is 2.88. The van der Waals surface area contributed by atoms with Gasteiger partial charge >= 0.3 is 0 Å². The van der Waals surface area contributed by atoms with Crippen LogP contribution in [0, 0.1) is 5.82 Å². The minimum absolute atomic E-state index is 0.120. The number of halogens is 4. The van der Waals surface area contributed by atoms with Gasteiger partial charge in [-0.15, -0.1) is 0 Å². The molecule has 2 rings (SSSR count). The van der Waals surface area contributed by atoms with E-state index in [1.807, 2.05) is 12.1 Å². The lowest BCUT2D eigenvalue weighted by Gasteiger charge is -2.12. The Labute approximate surface area is 127 Å². The van der Waals surface area contributed by atoms with Gasteiger partial charge in [0.2, 0.25) is 0 Å². The van der Waals surface area contributed by atoms with Gasteiger partial charge in [0.1, 0.15) is 5.82 Å². The first-order valence-corrected chi connectivity index (χ1v) is 7.34. The van der Waals surface area contributed by atoms with Crippen LogP contribution in [0.5, 0.6) is 0 Å². The normalized spacial score (nSPS) is 12.4. The van der Waals surface area contributed by atoms with Gasteiger partial charge in [0.05, 0.1) is 5.02 Å². The molecule has 0 amide bonds. The Hall–Kier alpha value is -0.450. The topological polar surface area (TPSA) is 12.9 Å². The average molecular weight is 393 g/mol. The van der Waals surface area contributed by atoms with Crippen LogP contribution >= 0.6 is 43.5 Å². The molecular weight excluding hydrogens is 384 g/mol. The zero-order valence-corrected chi connectivity index (χ0v) is 13.1. The molecule has 0 aliphatic heterocycles. The van der Waals surface area contributed by atoms with E-state index in [0.29, 0.717) is 17.0 Å². The lowest BCUT2D eigenvalue weighted by atomic mass is 10.0. The molecule has 94 valence electrons. The van der Waals surface area contributed by atoms with Crippen molar-refractivity contribution in [2.45, 2.75) is 11.2 Å². The number of pyridine rings is 1. The van der Waals surface area contributed by atoms with Gasteiger partial charge in [-0.3, -0.25) is 4.98 Å². The van der Waals surface area contributed by atoms with Crippen molar-refractivity contribution >= 4 is 43.5 Å². The Morgan fingerprint density at radius 1 is 1.33 bits per heavy atom. The molecule has 5 heteroatoms. The molecule has 1 heterocycles. The van der Waals surface area contributed by atoms with Crippen LogP contribution in [0.3, 0.4) is 0 Å². The number of hydrogen-bond donors (Lipinski definition) is 0. The summed E-state index contributed by atoms with van der Waals surface area (Å²) in [6, 6.07) is 6.87. The van der Waals surface area contributed by atoms with Gasteiger partial charge in [0.15, 0.2) is 0 Å². The summed E-state index contributed by atoms with van der Waals surface area (Å²) >= 11 is 12.8. The van der Waals surface area contributed by atoms with Crippen LogP contribution in [0.2, 0.25) is 5.02 Å². The van der Waals surface area contributed by atoms with Crippen molar-refractivity contribution in [1.29, 1.82) is 0 Å². The van der Waals surface area contributed by atoms with E-state index in [9.17, 15) is 4.39 Å².